The lowest BCUT2D eigenvalue weighted by Crippen LogP contribution is -2.51. The Bertz CT molecular complexity index is 1540. The largest absolute Gasteiger partial charge is 0.341 e. The molecule has 2 aliphatic rings. The van der Waals surface area contributed by atoms with E-state index in [9.17, 15) is 19.2 Å². The van der Waals surface area contributed by atoms with E-state index >= 15 is 0 Å². The maximum Gasteiger partial charge on any atom is 0.331 e. The van der Waals surface area contributed by atoms with Gasteiger partial charge in [0.05, 0.1) is 17.2 Å². The number of para-hydroxylation sites is 1. The second kappa shape index (κ2) is 10.4. The highest BCUT2D eigenvalue weighted by molar-refractivity contribution is 5.91. The van der Waals surface area contributed by atoms with Gasteiger partial charge in [0.25, 0.3) is 5.56 Å². The van der Waals surface area contributed by atoms with Crippen molar-refractivity contribution in [3.8, 4) is 17.2 Å². The van der Waals surface area contributed by atoms with E-state index < -0.39 is 11.2 Å². The van der Waals surface area contributed by atoms with Crippen LogP contribution in [0.15, 0.2) is 64.3 Å². The first kappa shape index (κ1) is 25.0. The van der Waals surface area contributed by atoms with Crippen LogP contribution in [-0.2, 0) is 24.8 Å². The molecule has 0 spiro atoms. The van der Waals surface area contributed by atoms with Crippen molar-refractivity contribution in [3.05, 3.63) is 86.7 Å². The van der Waals surface area contributed by atoms with E-state index in [4.69, 9.17) is 5.26 Å². The lowest BCUT2D eigenvalue weighted by atomic mass is 10.0. The SMILES string of the molecule is Cn1c(=O)c(-c2ccc(C#N)cc2)cn(CC(=O)N2CCC(N3CCc4ccccc4NC3=O)CC2)c1=O. The van der Waals surface area contributed by atoms with Crippen LogP contribution < -0.4 is 16.6 Å². The Kier molecular flexibility index (Phi) is 6.83. The minimum Gasteiger partial charge on any atom is -0.341 e. The molecule has 0 unspecified atom stereocenters. The number of benzene rings is 2. The van der Waals surface area contributed by atoms with E-state index in [0.29, 0.717) is 43.6 Å². The number of rotatable bonds is 4. The fourth-order valence-electron chi connectivity index (χ4n) is 5.17. The van der Waals surface area contributed by atoms with E-state index in [1.807, 2.05) is 35.2 Å². The minimum absolute atomic E-state index is 0.0246. The van der Waals surface area contributed by atoms with E-state index in [-0.39, 0.29) is 30.1 Å². The predicted octanol–water partition coefficient (Wildman–Crippen LogP) is 2.17. The van der Waals surface area contributed by atoms with Crippen LogP contribution in [0.1, 0.15) is 24.0 Å². The van der Waals surface area contributed by atoms with Gasteiger partial charge in [-0.05, 0) is 48.6 Å². The molecule has 5 rings (SSSR count). The number of hydrogen-bond acceptors (Lipinski definition) is 5. The third-order valence-electron chi connectivity index (χ3n) is 7.38. The number of aromatic nitrogens is 2. The highest BCUT2D eigenvalue weighted by atomic mass is 16.2. The van der Waals surface area contributed by atoms with Crippen LogP contribution in [0, 0.1) is 11.3 Å². The van der Waals surface area contributed by atoms with Crippen molar-refractivity contribution in [2.75, 3.05) is 25.0 Å². The molecule has 1 saturated heterocycles. The van der Waals surface area contributed by atoms with Crippen LogP contribution in [0.4, 0.5) is 10.5 Å². The van der Waals surface area contributed by atoms with Crippen molar-refractivity contribution >= 4 is 17.6 Å². The number of urea groups is 1. The van der Waals surface area contributed by atoms with Crippen molar-refractivity contribution in [2.45, 2.75) is 31.8 Å². The van der Waals surface area contributed by atoms with Gasteiger partial charge in [-0.15, -0.1) is 0 Å². The van der Waals surface area contributed by atoms with Gasteiger partial charge in [-0.3, -0.25) is 18.7 Å². The number of nitrogens with zero attached hydrogens (tertiary/aromatic N) is 5. The van der Waals surface area contributed by atoms with Crippen molar-refractivity contribution in [1.82, 2.24) is 18.9 Å². The molecule has 0 aliphatic carbocycles. The Balaban J connectivity index is 1.26. The van der Waals surface area contributed by atoms with Crippen molar-refractivity contribution in [1.29, 1.82) is 5.26 Å². The molecule has 0 saturated carbocycles. The van der Waals surface area contributed by atoms with Crippen LogP contribution in [0.2, 0.25) is 0 Å². The number of nitrogens with one attached hydrogen (secondary N) is 1. The summed E-state index contributed by atoms with van der Waals surface area (Å²) < 4.78 is 2.24. The summed E-state index contributed by atoms with van der Waals surface area (Å²) in [4.78, 5) is 55.1. The average molecular weight is 513 g/mol. The third-order valence-corrected chi connectivity index (χ3v) is 7.38. The summed E-state index contributed by atoms with van der Waals surface area (Å²) in [5.41, 5.74) is 2.20. The summed E-state index contributed by atoms with van der Waals surface area (Å²) in [7, 11) is 1.38. The molecule has 0 bridgehead atoms. The van der Waals surface area contributed by atoms with Crippen molar-refractivity contribution < 1.29 is 9.59 Å². The number of carbonyl (C=O) groups excluding carboxylic acids is 2. The highest BCUT2D eigenvalue weighted by Gasteiger charge is 2.31. The molecule has 3 heterocycles. The molecule has 1 N–H and O–H groups in total. The maximum absolute atomic E-state index is 13.1. The summed E-state index contributed by atoms with van der Waals surface area (Å²) in [6, 6.07) is 16.2. The smallest absolute Gasteiger partial charge is 0.331 e. The Labute approximate surface area is 219 Å². The average Bonchev–Trinajstić information content (AvgIpc) is 3.11. The number of hydrogen-bond donors (Lipinski definition) is 1. The van der Waals surface area contributed by atoms with Gasteiger partial charge in [-0.2, -0.15) is 5.26 Å². The summed E-state index contributed by atoms with van der Waals surface area (Å²) in [5.74, 6) is -0.220. The molecule has 3 aromatic rings. The number of anilines is 1. The van der Waals surface area contributed by atoms with Gasteiger partial charge in [0.2, 0.25) is 5.91 Å². The molecule has 2 aromatic carbocycles. The van der Waals surface area contributed by atoms with Gasteiger partial charge >= 0.3 is 11.7 Å². The molecule has 0 radical (unpaired) electrons. The highest BCUT2D eigenvalue weighted by Crippen LogP contribution is 2.24. The molecule has 3 amide bonds. The second-order valence-electron chi connectivity index (χ2n) is 9.65. The molecular formula is C28H28N6O4. The molecule has 1 fully saturated rings. The molecule has 1 aromatic heterocycles. The first-order valence-electron chi connectivity index (χ1n) is 12.6. The predicted molar refractivity (Wildman–Crippen MR) is 142 cm³/mol. The van der Waals surface area contributed by atoms with Gasteiger partial charge in [0.1, 0.15) is 6.54 Å². The number of nitriles is 1. The Morgan fingerprint density at radius 1 is 1.03 bits per heavy atom. The standard InChI is InChI=1S/C28H28N6O4/c1-31-26(36)23(20-8-6-19(16-29)7-9-20)17-33(28(31)38)18-25(35)32-13-11-22(12-14-32)34-15-10-21-4-2-3-5-24(21)30-27(34)37/h2-9,17,22H,10-15,18H2,1H3,(H,30,37). The summed E-state index contributed by atoms with van der Waals surface area (Å²) >= 11 is 0. The maximum atomic E-state index is 13.1. The number of fused-ring (bicyclic) bond motifs is 1. The zero-order valence-electron chi connectivity index (χ0n) is 21.1. The fourth-order valence-corrected chi connectivity index (χ4v) is 5.17. The number of carbonyl (C=O) groups is 2. The third kappa shape index (κ3) is 4.83. The van der Waals surface area contributed by atoms with E-state index in [1.165, 1.54) is 17.8 Å². The lowest BCUT2D eigenvalue weighted by Gasteiger charge is -2.38. The summed E-state index contributed by atoms with van der Waals surface area (Å²) in [5, 5.41) is 12.0. The van der Waals surface area contributed by atoms with Gasteiger partial charge in [-0.25, -0.2) is 9.59 Å². The van der Waals surface area contributed by atoms with Gasteiger partial charge in [-0.1, -0.05) is 30.3 Å². The Morgan fingerprint density at radius 3 is 2.45 bits per heavy atom. The first-order valence-corrected chi connectivity index (χ1v) is 12.6. The molecule has 10 heteroatoms. The van der Waals surface area contributed by atoms with Gasteiger partial charge in [0, 0.05) is 44.6 Å². The van der Waals surface area contributed by atoms with Gasteiger partial charge in [0.15, 0.2) is 0 Å². The van der Waals surface area contributed by atoms with Crippen LogP contribution in [0.5, 0.6) is 0 Å². The van der Waals surface area contributed by atoms with E-state index in [0.717, 1.165) is 22.2 Å². The summed E-state index contributed by atoms with van der Waals surface area (Å²) in [6.07, 6.45) is 3.48. The Morgan fingerprint density at radius 2 is 1.74 bits per heavy atom. The van der Waals surface area contributed by atoms with E-state index in [1.54, 1.807) is 29.2 Å². The zero-order valence-corrected chi connectivity index (χ0v) is 21.1. The van der Waals surface area contributed by atoms with Crippen molar-refractivity contribution in [2.24, 2.45) is 7.05 Å². The second-order valence-corrected chi connectivity index (χ2v) is 9.65. The fraction of sp³-hybridized carbons (Fsp3) is 0.321. The Hall–Kier alpha value is -4.65. The topological polar surface area (TPSA) is 120 Å². The summed E-state index contributed by atoms with van der Waals surface area (Å²) in [6.45, 7) is 1.37. The molecule has 2 aliphatic heterocycles. The molecule has 38 heavy (non-hydrogen) atoms. The van der Waals surface area contributed by atoms with Crippen LogP contribution >= 0.6 is 0 Å². The van der Waals surface area contributed by atoms with Crippen LogP contribution in [-0.4, -0.2) is 56.5 Å². The van der Waals surface area contributed by atoms with Gasteiger partial charge < -0.3 is 15.1 Å². The normalized spacial score (nSPS) is 15.8. The molecule has 194 valence electrons. The minimum atomic E-state index is -0.573. The first-order chi connectivity index (χ1) is 18.4. The van der Waals surface area contributed by atoms with Crippen LogP contribution in [0.3, 0.4) is 0 Å². The monoisotopic (exact) mass is 512 g/mol. The molecular weight excluding hydrogens is 484 g/mol. The van der Waals surface area contributed by atoms with Crippen LogP contribution in [0.25, 0.3) is 11.1 Å². The zero-order chi connectivity index (χ0) is 26.8. The molecule has 10 nitrogen and oxygen atoms in total. The molecule has 0 atom stereocenters. The number of piperidine rings is 1. The quantitative estimate of drug-likeness (QED) is 0.575. The number of amides is 3. The van der Waals surface area contributed by atoms with E-state index in [2.05, 4.69) is 5.32 Å². The lowest BCUT2D eigenvalue weighted by molar-refractivity contribution is -0.133. The van der Waals surface area contributed by atoms with Crippen molar-refractivity contribution in [3.63, 3.8) is 0 Å². The number of likely N-dealkylation sites (tertiary alicyclic amines) is 1.